The first-order valence-electron chi connectivity index (χ1n) is 5.36. The van der Waals surface area contributed by atoms with Crippen molar-refractivity contribution in [1.82, 2.24) is 0 Å². The molecular formula is C12H18N2. The van der Waals surface area contributed by atoms with Crippen LogP contribution in [0, 0.1) is 6.92 Å². The zero-order chi connectivity index (χ0) is 9.97. The first-order chi connectivity index (χ1) is 6.81. The molecule has 0 radical (unpaired) electrons. The van der Waals surface area contributed by atoms with Crippen LogP contribution in [0.5, 0.6) is 0 Å². The average Bonchev–Trinajstić information content (AvgIpc) is 2.20. The summed E-state index contributed by atoms with van der Waals surface area (Å²) in [6.45, 7) is 2.94. The van der Waals surface area contributed by atoms with Gasteiger partial charge in [-0.1, -0.05) is 18.2 Å². The zero-order valence-electron chi connectivity index (χ0n) is 8.72. The fraction of sp³-hybridized carbons (Fsp3) is 0.500. The van der Waals surface area contributed by atoms with Gasteiger partial charge in [0, 0.05) is 11.7 Å². The van der Waals surface area contributed by atoms with E-state index < -0.39 is 0 Å². The summed E-state index contributed by atoms with van der Waals surface area (Å²) in [6, 6.07) is 7.10. The molecule has 0 bridgehead atoms. The van der Waals surface area contributed by atoms with E-state index in [1.54, 1.807) is 0 Å². The Kier molecular flexibility index (Phi) is 2.73. The standard InChI is InChI=1S/C12H18N2/c1-9-3-2-4-10-5-6-11(7-8-13)14-12(9)10/h2-4,11,14H,5-8,13H2,1H3. The molecule has 1 unspecified atom stereocenters. The van der Waals surface area contributed by atoms with Gasteiger partial charge in [-0.25, -0.2) is 0 Å². The van der Waals surface area contributed by atoms with Crippen molar-refractivity contribution in [3.8, 4) is 0 Å². The van der Waals surface area contributed by atoms with Crippen molar-refractivity contribution in [3.05, 3.63) is 29.3 Å². The van der Waals surface area contributed by atoms with Gasteiger partial charge in [0.2, 0.25) is 0 Å². The second kappa shape index (κ2) is 4.01. The highest BCUT2D eigenvalue weighted by Gasteiger charge is 2.17. The van der Waals surface area contributed by atoms with E-state index in [-0.39, 0.29) is 0 Å². The second-order valence-corrected chi connectivity index (χ2v) is 4.07. The number of para-hydroxylation sites is 1. The molecular weight excluding hydrogens is 172 g/mol. The van der Waals surface area contributed by atoms with Crippen LogP contribution in [0.15, 0.2) is 18.2 Å². The summed E-state index contributed by atoms with van der Waals surface area (Å²) in [5.74, 6) is 0. The van der Waals surface area contributed by atoms with Crippen LogP contribution in [0.3, 0.4) is 0 Å². The Balaban J connectivity index is 2.20. The van der Waals surface area contributed by atoms with Crippen molar-refractivity contribution in [2.24, 2.45) is 5.73 Å². The number of rotatable bonds is 2. The third-order valence-corrected chi connectivity index (χ3v) is 2.98. The summed E-state index contributed by atoms with van der Waals surface area (Å²) in [4.78, 5) is 0. The summed E-state index contributed by atoms with van der Waals surface area (Å²) < 4.78 is 0. The Hall–Kier alpha value is -1.02. The van der Waals surface area contributed by atoms with E-state index in [1.165, 1.54) is 29.7 Å². The van der Waals surface area contributed by atoms with Crippen LogP contribution >= 0.6 is 0 Å². The smallest absolute Gasteiger partial charge is 0.0404 e. The fourth-order valence-electron chi connectivity index (χ4n) is 2.17. The summed E-state index contributed by atoms with van der Waals surface area (Å²) in [6.07, 6.45) is 3.48. The molecule has 1 aromatic carbocycles. The molecule has 1 heterocycles. The minimum atomic E-state index is 0.577. The summed E-state index contributed by atoms with van der Waals surface area (Å²) in [7, 11) is 0. The first kappa shape index (κ1) is 9.53. The summed E-state index contributed by atoms with van der Waals surface area (Å²) in [5.41, 5.74) is 9.73. The predicted molar refractivity (Wildman–Crippen MR) is 60.6 cm³/mol. The monoisotopic (exact) mass is 190 g/mol. The molecule has 1 aromatic rings. The maximum atomic E-state index is 5.58. The van der Waals surface area contributed by atoms with Crippen molar-refractivity contribution in [2.45, 2.75) is 32.2 Å². The number of nitrogens with two attached hydrogens (primary N) is 1. The van der Waals surface area contributed by atoms with Gasteiger partial charge < -0.3 is 11.1 Å². The molecule has 14 heavy (non-hydrogen) atoms. The quantitative estimate of drug-likeness (QED) is 0.749. The summed E-state index contributed by atoms with van der Waals surface area (Å²) >= 11 is 0. The molecule has 0 fully saturated rings. The summed E-state index contributed by atoms with van der Waals surface area (Å²) in [5, 5.41) is 3.59. The van der Waals surface area contributed by atoms with E-state index >= 15 is 0 Å². The van der Waals surface area contributed by atoms with Crippen molar-refractivity contribution in [3.63, 3.8) is 0 Å². The number of aryl methyl sites for hydroxylation is 2. The number of hydrogen-bond donors (Lipinski definition) is 2. The van der Waals surface area contributed by atoms with Crippen LogP contribution in [0.2, 0.25) is 0 Å². The highest BCUT2D eigenvalue weighted by molar-refractivity contribution is 5.59. The van der Waals surface area contributed by atoms with Crippen molar-refractivity contribution < 1.29 is 0 Å². The molecule has 0 saturated carbocycles. The maximum absolute atomic E-state index is 5.58. The topological polar surface area (TPSA) is 38.0 Å². The minimum Gasteiger partial charge on any atom is -0.382 e. The van der Waals surface area contributed by atoms with Crippen LogP contribution < -0.4 is 11.1 Å². The molecule has 0 amide bonds. The van der Waals surface area contributed by atoms with E-state index in [0.717, 1.165) is 13.0 Å². The van der Waals surface area contributed by atoms with Gasteiger partial charge in [-0.15, -0.1) is 0 Å². The Morgan fingerprint density at radius 3 is 3.14 bits per heavy atom. The van der Waals surface area contributed by atoms with Gasteiger partial charge in [-0.3, -0.25) is 0 Å². The molecule has 2 heteroatoms. The molecule has 0 saturated heterocycles. The number of benzene rings is 1. The Morgan fingerprint density at radius 1 is 1.50 bits per heavy atom. The Labute approximate surface area is 85.5 Å². The van der Waals surface area contributed by atoms with Crippen LogP contribution in [-0.2, 0) is 6.42 Å². The highest BCUT2D eigenvalue weighted by atomic mass is 14.9. The lowest BCUT2D eigenvalue weighted by Crippen LogP contribution is -2.28. The van der Waals surface area contributed by atoms with E-state index in [0.29, 0.717) is 6.04 Å². The number of nitrogens with one attached hydrogen (secondary N) is 1. The van der Waals surface area contributed by atoms with Gasteiger partial charge in [-0.2, -0.15) is 0 Å². The number of fused-ring (bicyclic) bond motifs is 1. The lowest BCUT2D eigenvalue weighted by molar-refractivity contribution is 0.593. The molecule has 76 valence electrons. The van der Waals surface area contributed by atoms with E-state index in [9.17, 15) is 0 Å². The molecule has 1 aliphatic heterocycles. The van der Waals surface area contributed by atoms with E-state index in [1.807, 2.05) is 0 Å². The Bertz CT molecular complexity index is 320. The molecule has 3 N–H and O–H groups in total. The fourth-order valence-corrected chi connectivity index (χ4v) is 2.17. The molecule has 1 aliphatic rings. The minimum absolute atomic E-state index is 0.577. The SMILES string of the molecule is Cc1cccc2c1NC(CCN)CC2. The average molecular weight is 190 g/mol. The van der Waals surface area contributed by atoms with Gasteiger partial charge >= 0.3 is 0 Å². The van der Waals surface area contributed by atoms with E-state index in [2.05, 4.69) is 30.4 Å². The molecule has 0 spiro atoms. The molecule has 1 atom stereocenters. The number of hydrogen-bond acceptors (Lipinski definition) is 2. The Morgan fingerprint density at radius 2 is 2.36 bits per heavy atom. The predicted octanol–water partition coefficient (Wildman–Crippen LogP) is 2.07. The molecule has 0 aliphatic carbocycles. The first-order valence-corrected chi connectivity index (χ1v) is 5.36. The van der Waals surface area contributed by atoms with Gasteiger partial charge in [-0.05, 0) is 43.9 Å². The molecule has 0 aromatic heterocycles. The van der Waals surface area contributed by atoms with Crippen LogP contribution in [-0.4, -0.2) is 12.6 Å². The maximum Gasteiger partial charge on any atom is 0.0404 e. The third-order valence-electron chi connectivity index (χ3n) is 2.98. The van der Waals surface area contributed by atoms with E-state index in [4.69, 9.17) is 5.73 Å². The third kappa shape index (κ3) is 1.75. The zero-order valence-corrected chi connectivity index (χ0v) is 8.72. The molecule has 2 rings (SSSR count). The molecule has 2 nitrogen and oxygen atoms in total. The lowest BCUT2D eigenvalue weighted by atomic mass is 9.94. The largest absolute Gasteiger partial charge is 0.382 e. The van der Waals surface area contributed by atoms with Crippen LogP contribution in [0.1, 0.15) is 24.0 Å². The highest BCUT2D eigenvalue weighted by Crippen LogP contribution is 2.28. The number of anilines is 1. The van der Waals surface area contributed by atoms with Crippen molar-refractivity contribution >= 4 is 5.69 Å². The second-order valence-electron chi connectivity index (χ2n) is 4.07. The van der Waals surface area contributed by atoms with Gasteiger partial charge in [0.25, 0.3) is 0 Å². The lowest BCUT2D eigenvalue weighted by Gasteiger charge is -2.28. The van der Waals surface area contributed by atoms with Gasteiger partial charge in [0.15, 0.2) is 0 Å². The van der Waals surface area contributed by atoms with Gasteiger partial charge in [0.1, 0.15) is 0 Å². The van der Waals surface area contributed by atoms with Crippen LogP contribution in [0.25, 0.3) is 0 Å². The van der Waals surface area contributed by atoms with Crippen LogP contribution in [0.4, 0.5) is 5.69 Å². The van der Waals surface area contributed by atoms with Crippen molar-refractivity contribution in [1.29, 1.82) is 0 Å². The van der Waals surface area contributed by atoms with Crippen molar-refractivity contribution in [2.75, 3.05) is 11.9 Å². The normalized spacial score (nSPS) is 20.0. The van der Waals surface area contributed by atoms with Gasteiger partial charge in [0.05, 0.1) is 0 Å².